The lowest BCUT2D eigenvalue weighted by molar-refractivity contribution is 0.0951. The number of hydrogen-bond donors (Lipinski definition) is 2. The first-order valence-electron chi connectivity index (χ1n) is 9.67. The molecule has 2 N–H and O–H groups in total. The van der Waals surface area contributed by atoms with Crippen molar-refractivity contribution in [2.45, 2.75) is 6.92 Å². The van der Waals surface area contributed by atoms with Crippen molar-refractivity contribution in [3.8, 4) is 11.3 Å². The van der Waals surface area contributed by atoms with Crippen molar-refractivity contribution < 1.29 is 9.53 Å². The van der Waals surface area contributed by atoms with Gasteiger partial charge < -0.3 is 19.4 Å². The topological polar surface area (TPSA) is 100 Å². The molecule has 1 aliphatic heterocycles. The summed E-state index contributed by atoms with van der Waals surface area (Å²) in [6.45, 7) is 5.17. The second-order valence-electron chi connectivity index (χ2n) is 6.90. The standard InChI is InChI=1S/C20H21N7O2/c1-2-21-20(28)17-12-27-11-16(13-4-3-5-15-14(13)10-22-25-15)23-18(19(27)24-17)26-6-8-29-9-7-26/h3-5,10-12H,2,6-9H2,1H3,(H,21,28)(H,22,25). The maximum Gasteiger partial charge on any atom is 0.271 e. The van der Waals surface area contributed by atoms with E-state index in [9.17, 15) is 4.79 Å². The lowest BCUT2D eigenvalue weighted by Gasteiger charge is -2.28. The van der Waals surface area contributed by atoms with Crippen LogP contribution in [0.1, 0.15) is 17.4 Å². The molecule has 0 aliphatic carbocycles. The first-order valence-corrected chi connectivity index (χ1v) is 9.67. The molecule has 3 aromatic heterocycles. The van der Waals surface area contributed by atoms with Gasteiger partial charge in [-0.1, -0.05) is 12.1 Å². The minimum absolute atomic E-state index is 0.192. The first kappa shape index (κ1) is 17.6. The molecule has 0 bridgehead atoms. The molecular weight excluding hydrogens is 370 g/mol. The van der Waals surface area contributed by atoms with Crippen LogP contribution in [0.15, 0.2) is 36.8 Å². The van der Waals surface area contributed by atoms with Crippen LogP contribution in [0.5, 0.6) is 0 Å². The Bertz CT molecular complexity index is 1190. The molecule has 0 spiro atoms. The molecule has 1 aliphatic rings. The van der Waals surface area contributed by atoms with Crippen molar-refractivity contribution in [3.63, 3.8) is 0 Å². The van der Waals surface area contributed by atoms with Gasteiger partial charge in [-0.25, -0.2) is 9.97 Å². The number of fused-ring (bicyclic) bond motifs is 2. The Morgan fingerprint density at radius 1 is 1.24 bits per heavy atom. The molecule has 29 heavy (non-hydrogen) atoms. The summed E-state index contributed by atoms with van der Waals surface area (Å²) in [4.78, 5) is 24.0. The van der Waals surface area contributed by atoms with Gasteiger partial charge in [-0.3, -0.25) is 9.89 Å². The predicted molar refractivity (Wildman–Crippen MR) is 109 cm³/mol. The second-order valence-corrected chi connectivity index (χ2v) is 6.90. The summed E-state index contributed by atoms with van der Waals surface area (Å²) in [5.41, 5.74) is 3.76. The number of hydrogen-bond acceptors (Lipinski definition) is 6. The number of nitrogens with zero attached hydrogens (tertiary/aromatic N) is 5. The van der Waals surface area contributed by atoms with Crippen LogP contribution >= 0.6 is 0 Å². The Hall–Kier alpha value is -3.46. The minimum Gasteiger partial charge on any atom is -0.378 e. The van der Waals surface area contributed by atoms with Crippen LogP contribution in [0, 0.1) is 0 Å². The lowest BCUT2D eigenvalue weighted by atomic mass is 10.1. The van der Waals surface area contributed by atoms with E-state index in [2.05, 4.69) is 25.4 Å². The van der Waals surface area contributed by atoms with E-state index in [4.69, 9.17) is 9.72 Å². The number of carbonyl (C=O) groups excluding carboxylic acids is 1. The van der Waals surface area contributed by atoms with Gasteiger partial charge in [0.15, 0.2) is 11.5 Å². The highest BCUT2D eigenvalue weighted by Gasteiger charge is 2.21. The molecular formula is C20H21N7O2. The maximum atomic E-state index is 12.3. The highest BCUT2D eigenvalue weighted by molar-refractivity contribution is 5.95. The normalized spacial score (nSPS) is 14.6. The summed E-state index contributed by atoms with van der Waals surface area (Å²) >= 11 is 0. The number of morpholine rings is 1. The number of rotatable bonds is 4. The highest BCUT2D eigenvalue weighted by atomic mass is 16.5. The smallest absolute Gasteiger partial charge is 0.271 e. The summed E-state index contributed by atoms with van der Waals surface area (Å²) < 4.78 is 7.38. The van der Waals surface area contributed by atoms with Gasteiger partial charge in [0, 0.05) is 43.0 Å². The Morgan fingerprint density at radius 3 is 2.93 bits per heavy atom. The maximum absolute atomic E-state index is 12.3. The number of amides is 1. The molecule has 4 heterocycles. The van der Waals surface area contributed by atoms with Crippen LogP contribution in [0.4, 0.5) is 5.82 Å². The molecule has 9 nitrogen and oxygen atoms in total. The summed E-state index contributed by atoms with van der Waals surface area (Å²) in [7, 11) is 0. The van der Waals surface area contributed by atoms with Gasteiger partial charge in [0.2, 0.25) is 0 Å². The van der Waals surface area contributed by atoms with E-state index in [0.717, 1.165) is 41.1 Å². The Kier molecular flexibility index (Phi) is 4.36. The van der Waals surface area contributed by atoms with Gasteiger partial charge in [-0.05, 0) is 13.0 Å². The van der Waals surface area contributed by atoms with Gasteiger partial charge >= 0.3 is 0 Å². The first-order chi connectivity index (χ1) is 14.2. The number of benzene rings is 1. The van der Waals surface area contributed by atoms with Crippen molar-refractivity contribution in [2.24, 2.45) is 0 Å². The average Bonchev–Trinajstić information content (AvgIpc) is 3.40. The van der Waals surface area contributed by atoms with Crippen LogP contribution in [-0.4, -0.2) is 63.3 Å². The van der Waals surface area contributed by atoms with Gasteiger partial charge in [0.1, 0.15) is 5.69 Å². The fourth-order valence-corrected chi connectivity index (χ4v) is 3.65. The van der Waals surface area contributed by atoms with Crippen LogP contribution in [0.3, 0.4) is 0 Å². The average molecular weight is 391 g/mol. The summed E-state index contributed by atoms with van der Waals surface area (Å²) in [5.74, 6) is 0.560. The number of ether oxygens (including phenoxy) is 1. The molecule has 1 saturated heterocycles. The van der Waals surface area contributed by atoms with Crippen LogP contribution in [0.2, 0.25) is 0 Å². The lowest BCUT2D eigenvalue weighted by Crippen LogP contribution is -2.37. The van der Waals surface area contributed by atoms with Crippen LogP contribution in [0.25, 0.3) is 27.8 Å². The third-order valence-electron chi connectivity index (χ3n) is 5.06. The molecule has 0 saturated carbocycles. The third kappa shape index (κ3) is 3.09. The van der Waals surface area contributed by atoms with Crippen LogP contribution in [-0.2, 0) is 4.74 Å². The Balaban J connectivity index is 1.70. The quantitative estimate of drug-likeness (QED) is 0.551. The van der Waals surface area contributed by atoms with Crippen LogP contribution < -0.4 is 10.2 Å². The fraction of sp³-hybridized carbons (Fsp3) is 0.300. The SMILES string of the molecule is CCNC(=O)c1cn2cc(-c3cccc4[nH]ncc34)nc(N3CCOCC3)c2n1. The molecule has 1 fully saturated rings. The number of imidazole rings is 1. The monoisotopic (exact) mass is 391 g/mol. The number of anilines is 1. The van der Waals surface area contributed by atoms with Gasteiger partial charge in [0.25, 0.3) is 5.91 Å². The van der Waals surface area contributed by atoms with E-state index in [1.165, 1.54) is 0 Å². The number of aromatic amines is 1. The zero-order chi connectivity index (χ0) is 19.8. The van der Waals surface area contributed by atoms with Crippen molar-refractivity contribution in [1.29, 1.82) is 0 Å². The zero-order valence-electron chi connectivity index (χ0n) is 16.1. The number of H-pyrrole nitrogens is 1. The number of aromatic nitrogens is 5. The summed E-state index contributed by atoms with van der Waals surface area (Å²) in [6, 6.07) is 5.98. The third-order valence-corrected chi connectivity index (χ3v) is 5.06. The van der Waals surface area contributed by atoms with Gasteiger partial charge in [-0.15, -0.1) is 0 Å². The molecule has 5 rings (SSSR count). The second kappa shape index (κ2) is 7.17. The van der Waals surface area contributed by atoms with E-state index >= 15 is 0 Å². The zero-order valence-corrected chi connectivity index (χ0v) is 16.1. The van der Waals surface area contributed by atoms with Crippen molar-refractivity contribution in [3.05, 3.63) is 42.5 Å². The van der Waals surface area contributed by atoms with Crippen molar-refractivity contribution >= 4 is 28.3 Å². The molecule has 9 heteroatoms. The molecule has 1 amide bonds. The Labute approximate surface area is 166 Å². The number of nitrogens with one attached hydrogen (secondary N) is 2. The number of carbonyl (C=O) groups is 1. The van der Waals surface area contributed by atoms with Crippen molar-refractivity contribution in [2.75, 3.05) is 37.7 Å². The van der Waals surface area contributed by atoms with Gasteiger partial charge in [0.05, 0.1) is 30.6 Å². The van der Waals surface area contributed by atoms with Crippen molar-refractivity contribution in [1.82, 2.24) is 29.9 Å². The van der Waals surface area contributed by atoms with E-state index in [1.807, 2.05) is 35.7 Å². The summed E-state index contributed by atoms with van der Waals surface area (Å²) in [5, 5.41) is 11.0. The van der Waals surface area contributed by atoms with E-state index in [0.29, 0.717) is 31.1 Å². The predicted octanol–water partition coefficient (Wildman–Crippen LogP) is 1.86. The minimum atomic E-state index is -0.192. The largest absolute Gasteiger partial charge is 0.378 e. The fourth-order valence-electron chi connectivity index (χ4n) is 3.65. The molecule has 1 aromatic carbocycles. The summed E-state index contributed by atoms with van der Waals surface area (Å²) in [6.07, 6.45) is 5.47. The van der Waals surface area contributed by atoms with Gasteiger partial charge in [-0.2, -0.15) is 5.10 Å². The van der Waals surface area contributed by atoms with E-state index in [-0.39, 0.29) is 5.91 Å². The molecule has 0 unspecified atom stereocenters. The molecule has 0 atom stereocenters. The van der Waals surface area contributed by atoms with E-state index in [1.54, 1.807) is 12.4 Å². The molecule has 148 valence electrons. The molecule has 4 aromatic rings. The highest BCUT2D eigenvalue weighted by Crippen LogP contribution is 2.30. The molecule has 0 radical (unpaired) electrons. The van der Waals surface area contributed by atoms with E-state index < -0.39 is 0 Å². The Morgan fingerprint density at radius 2 is 2.10 bits per heavy atom.